The van der Waals surface area contributed by atoms with E-state index in [2.05, 4.69) is 0 Å². The quantitative estimate of drug-likeness (QED) is 0.857. The average Bonchev–Trinajstić information content (AvgIpc) is 2.38. The third kappa shape index (κ3) is 3.90. The van der Waals surface area contributed by atoms with Gasteiger partial charge in [-0.25, -0.2) is 4.39 Å². The van der Waals surface area contributed by atoms with E-state index in [1.165, 1.54) is 18.2 Å². The fourth-order valence-corrected chi connectivity index (χ4v) is 2.21. The van der Waals surface area contributed by atoms with Gasteiger partial charge in [0.15, 0.2) is 0 Å². The van der Waals surface area contributed by atoms with Crippen molar-refractivity contribution in [1.82, 2.24) is 0 Å². The van der Waals surface area contributed by atoms with E-state index in [0.29, 0.717) is 13.1 Å². The molecule has 0 bridgehead atoms. The van der Waals surface area contributed by atoms with Crippen molar-refractivity contribution in [2.24, 2.45) is 0 Å². The number of benzene rings is 2. The molecule has 0 saturated carbocycles. The van der Waals surface area contributed by atoms with Crippen LogP contribution in [0, 0.1) is 5.82 Å². The number of carbonyl (C=O) groups excluding carboxylic acids is 1. The molecule has 1 atom stereocenters. The first kappa shape index (κ1) is 14.2. The van der Waals surface area contributed by atoms with Gasteiger partial charge in [0.2, 0.25) is 0 Å². The van der Waals surface area contributed by atoms with Crippen LogP contribution >= 0.6 is 0 Å². The largest absolute Gasteiger partial charge is 0.545 e. The highest BCUT2D eigenvalue weighted by Crippen LogP contribution is 2.04. The van der Waals surface area contributed by atoms with Gasteiger partial charge in [-0.05, 0) is 23.8 Å². The smallest absolute Gasteiger partial charge is 0.123 e. The van der Waals surface area contributed by atoms with Crippen molar-refractivity contribution in [3.63, 3.8) is 0 Å². The van der Waals surface area contributed by atoms with Gasteiger partial charge in [-0.15, -0.1) is 0 Å². The molecule has 0 heterocycles. The molecule has 2 rings (SSSR count). The summed E-state index contributed by atoms with van der Waals surface area (Å²) in [6, 6.07) is 13.2. The van der Waals surface area contributed by atoms with Gasteiger partial charge in [-0.2, -0.15) is 0 Å². The molecule has 4 heteroatoms. The molecule has 0 amide bonds. The first-order valence-corrected chi connectivity index (χ1v) is 6.40. The van der Waals surface area contributed by atoms with Crippen LogP contribution in [0.15, 0.2) is 48.5 Å². The average molecular weight is 273 g/mol. The third-order valence-electron chi connectivity index (χ3n) is 3.06. The summed E-state index contributed by atoms with van der Waals surface area (Å²) in [6.45, 7) is 1.34. The van der Waals surface area contributed by atoms with E-state index in [1.807, 2.05) is 19.2 Å². The number of carbonyl (C=O) groups is 1. The lowest BCUT2D eigenvalue weighted by atomic mass is 10.1. The van der Waals surface area contributed by atoms with E-state index < -0.39 is 5.97 Å². The lowest BCUT2D eigenvalue weighted by Gasteiger charge is -2.15. The molecule has 1 N–H and O–H groups in total. The van der Waals surface area contributed by atoms with Gasteiger partial charge >= 0.3 is 0 Å². The van der Waals surface area contributed by atoms with Gasteiger partial charge < -0.3 is 14.8 Å². The van der Waals surface area contributed by atoms with E-state index in [9.17, 15) is 14.3 Å². The van der Waals surface area contributed by atoms with Crippen molar-refractivity contribution < 1.29 is 19.2 Å². The highest BCUT2D eigenvalue weighted by atomic mass is 19.1. The molecular formula is C16H16FNO2. The maximum Gasteiger partial charge on any atom is 0.123 e. The molecule has 0 aliphatic rings. The van der Waals surface area contributed by atoms with Crippen molar-refractivity contribution in [3.8, 4) is 0 Å². The molecule has 0 aliphatic heterocycles. The Bertz CT molecular complexity index is 613. The van der Waals surface area contributed by atoms with Gasteiger partial charge in [0.05, 0.1) is 13.0 Å². The summed E-state index contributed by atoms with van der Waals surface area (Å²) < 4.78 is 13.1. The van der Waals surface area contributed by atoms with Crippen LogP contribution in [0.4, 0.5) is 4.39 Å². The van der Waals surface area contributed by atoms with Gasteiger partial charge in [0.1, 0.15) is 18.9 Å². The fraction of sp³-hybridized carbons (Fsp3) is 0.188. The van der Waals surface area contributed by atoms with E-state index >= 15 is 0 Å². The predicted molar refractivity (Wildman–Crippen MR) is 71.5 cm³/mol. The van der Waals surface area contributed by atoms with E-state index in [4.69, 9.17) is 0 Å². The van der Waals surface area contributed by atoms with Crippen LogP contribution in [-0.4, -0.2) is 13.0 Å². The highest BCUT2D eigenvalue weighted by Gasteiger charge is 2.07. The molecule has 0 aromatic heterocycles. The van der Waals surface area contributed by atoms with E-state index in [1.54, 1.807) is 18.2 Å². The van der Waals surface area contributed by atoms with Gasteiger partial charge in [-0.1, -0.05) is 30.3 Å². The molecule has 3 nitrogen and oxygen atoms in total. The van der Waals surface area contributed by atoms with Gasteiger partial charge in [0.25, 0.3) is 0 Å². The first-order valence-electron chi connectivity index (χ1n) is 6.40. The minimum absolute atomic E-state index is 0.182. The topological polar surface area (TPSA) is 44.6 Å². The van der Waals surface area contributed by atoms with Crippen molar-refractivity contribution in [2.45, 2.75) is 13.1 Å². The SMILES string of the molecule is C[NH+](Cc1cccc(F)c1)Cc1cccc(C(=O)[O-])c1. The van der Waals surface area contributed by atoms with Crippen molar-refractivity contribution in [3.05, 3.63) is 71.0 Å². The molecule has 1 unspecified atom stereocenters. The van der Waals surface area contributed by atoms with E-state index in [0.717, 1.165) is 16.0 Å². The Hall–Kier alpha value is -2.20. The molecule has 2 aromatic carbocycles. The molecule has 0 spiro atoms. The van der Waals surface area contributed by atoms with Crippen LogP contribution in [0.25, 0.3) is 0 Å². The normalized spacial score (nSPS) is 12.1. The summed E-state index contributed by atoms with van der Waals surface area (Å²) in [5, 5.41) is 10.8. The van der Waals surface area contributed by atoms with Crippen LogP contribution in [-0.2, 0) is 13.1 Å². The first-order chi connectivity index (χ1) is 9.54. The number of quaternary nitrogens is 1. The zero-order chi connectivity index (χ0) is 14.5. The molecule has 20 heavy (non-hydrogen) atoms. The Labute approximate surface area is 117 Å². The molecule has 2 aromatic rings. The number of halogens is 1. The molecule has 0 fully saturated rings. The minimum atomic E-state index is -1.17. The van der Waals surface area contributed by atoms with Gasteiger partial charge in [-0.3, -0.25) is 0 Å². The number of carboxylic acid groups (broad SMARTS) is 1. The number of rotatable bonds is 5. The highest BCUT2D eigenvalue weighted by molar-refractivity contribution is 5.85. The molecule has 0 aliphatic carbocycles. The molecule has 104 valence electrons. The van der Waals surface area contributed by atoms with Crippen LogP contribution in [0.2, 0.25) is 0 Å². The lowest BCUT2D eigenvalue weighted by Crippen LogP contribution is -3.06. The second-order valence-electron chi connectivity index (χ2n) is 4.93. The summed E-state index contributed by atoms with van der Waals surface area (Å²) in [6.07, 6.45) is 0. The monoisotopic (exact) mass is 273 g/mol. The minimum Gasteiger partial charge on any atom is -0.545 e. The maximum absolute atomic E-state index is 13.1. The summed E-state index contributed by atoms with van der Waals surface area (Å²) in [7, 11) is 1.98. The molecular weight excluding hydrogens is 257 g/mol. The molecule has 0 radical (unpaired) electrons. The summed E-state index contributed by atoms with van der Waals surface area (Å²) in [5.74, 6) is -1.41. The fourth-order valence-electron chi connectivity index (χ4n) is 2.21. The Morgan fingerprint density at radius 2 is 1.70 bits per heavy atom. The van der Waals surface area contributed by atoms with Gasteiger partial charge in [0, 0.05) is 11.1 Å². The second-order valence-corrected chi connectivity index (χ2v) is 4.93. The van der Waals surface area contributed by atoms with Crippen LogP contribution in [0.3, 0.4) is 0 Å². The summed E-state index contributed by atoms with van der Waals surface area (Å²) in [4.78, 5) is 12.0. The summed E-state index contributed by atoms with van der Waals surface area (Å²) >= 11 is 0. The number of aromatic carboxylic acids is 1. The zero-order valence-electron chi connectivity index (χ0n) is 11.2. The summed E-state index contributed by atoms with van der Waals surface area (Å²) in [5.41, 5.74) is 2.01. The third-order valence-corrected chi connectivity index (χ3v) is 3.06. The molecule has 0 saturated heterocycles. The Kier molecular flexibility index (Phi) is 4.48. The van der Waals surface area contributed by atoms with Crippen molar-refractivity contribution in [1.29, 1.82) is 0 Å². The Morgan fingerprint density at radius 3 is 2.30 bits per heavy atom. The Balaban J connectivity index is 2.02. The second kappa shape index (κ2) is 6.30. The number of hydrogen-bond acceptors (Lipinski definition) is 2. The number of carboxylic acids is 1. The van der Waals surface area contributed by atoms with Crippen LogP contribution in [0.5, 0.6) is 0 Å². The number of nitrogens with one attached hydrogen (secondary N) is 1. The standard InChI is InChI=1S/C16H16FNO2/c1-18(11-13-5-3-7-15(17)9-13)10-12-4-2-6-14(8-12)16(19)20/h2-9H,10-11H2,1H3,(H,19,20). The van der Waals surface area contributed by atoms with Crippen LogP contribution in [0.1, 0.15) is 21.5 Å². The number of hydrogen-bond donors (Lipinski definition) is 1. The lowest BCUT2D eigenvalue weighted by molar-refractivity contribution is -0.907. The van der Waals surface area contributed by atoms with Crippen molar-refractivity contribution in [2.75, 3.05) is 7.05 Å². The van der Waals surface area contributed by atoms with E-state index in [-0.39, 0.29) is 11.4 Å². The van der Waals surface area contributed by atoms with Crippen molar-refractivity contribution >= 4 is 5.97 Å². The zero-order valence-corrected chi connectivity index (χ0v) is 11.2. The maximum atomic E-state index is 13.1. The van der Waals surface area contributed by atoms with Crippen LogP contribution < -0.4 is 10.0 Å². The predicted octanol–water partition coefficient (Wildman–Crippen LogP) is 0.404. The Morgan fingerprint density at radius 1 is 1.10 bits per heavy atom.